The van der Waals surface area contributed by atoms with Gasteiger partial charge in [-0.1, -0.05) is 43.2 Å². The third-order valence-corrected chi connectivity index (χ3v) is 5.08. The van der Waals surface area contributed by atoms with Crippen molar-refractivity contribution in [2.24, 2.45) is 5.92 Å². The molecule has 1 aromatic rings. The molecule has 3 rings (SSSR count). The number of esters is 1. The van der Waals surface area contributed by atoms with Crippen LogP contribution >= 0.6 is 0 Å². The van der Waals surface area contributed by atoms with Crippen LogP contribution in [0.2, 0.25) is 0 Å². The molecule has 1 aliphatic carbocycles. The molecule has 7 heteroatoms. The van der Waals surface area contributed by atoms with Crippen LogP contribution in [0.1, 0.15) is 38.2 Å². The Labute approximate surface area is 159 Å². The largest absolute Gasteiger partial charge is 0.457 e. The van der Waals surface area contributed by atoms with Crippen molar-refractivity contribution in [2.45, 2.75) is 51.4 Å². The first-order valence-electron chi connectivity index (χ1n) is 9.46. The normalized spacial score (nSPS) is 18.5. The maximum atomic E-state index is 12.5. The number of rotatable bonds is 6. The Kier molecular flexibility index (Phi) is 6.32. The van der Waals surface area contributed by atoms with Crippen LogP contribution in [0.25, 0.3) is 0 Å². The lowest BCUT2D eigenvalue weighted by Gasteiger charge is -2.38. The van der Waals surface area contributed by atoms with Crippen molar-refractivity contribution >= 4 is 18.0 Å². The second-order valence-electron chi connectivity index (χ2n) is 7.23. The van der Waals surface area contributed by atoms with Crippen LogP contribution in [-0.2, 0) is 25.7 Å². The van der Waals surface area contributed by atoms with Gasteiger partial charge in [-0.15, -0.1) is 0 Å². The fourth-order valence-corrected chi connectivity index (χ4v) is 3.59. The number of nitrogens with one attached hydrogen (secondary N) is 1. The van der Waals surface area contributed by atoms with E-state index in [1.807, 2.05) is 30.3 Å². The van der Waals surface area contributed by atoms with E-state index >= 15 is 0 Å². The van der Waals surface area contributed by atoms with Gasteiger partial charge >= 0.3 is 12.1 Å². The van der Waals surface area contributed by atoms with E-state index in [0.717, 1.165) is 31.2 Å². The first-order chi connectivity index (χ1) is 13.0. The Morgan fingerprint density at radius 1 is 1.15 bits per heavy atom. The van der Waals surface area contributed by atoms with E-state index in [0.29, 0.717) is 13.1 Å². The molecule has 0 unspecified atom stereocenters. The molecule has 146 valence electrons. The number of hydrogen-bond acceptors (Lipinski definition) is 5. The van der Waals surface area contributed by atoms with Gasteiger partial charge in [-0.05, 0) is 24.3 Å². The molecule has 1 aliphatic heterocycles. The van der Waals surface area contributed by atoms with Crippen molar-refractivity contribution in [2.75, 3.05) is 13.1 Å². The van der Waals surface area contributed by atoms with Crippen LogP contribution in [-0.4, -0.2) is 48.1 Å². The van der Waals surface area contributed by atoms with Gasteiger partial charge in [-0.2, -0.15) is 0 Å². The van der Waals surface area contributed by atoms with Gasteiger partial charge in [0.25, 0.3) is 0 Å². The summed E-state index contributed by atoms with van der Waals surface area (Å²) in [5.41, 5.74) is 0.920. The summed E-state index contributed by atoms with van der Waals surface area (Å²) in [6, 6.07) is 8.86. The third kappa shape index (κ3) is 5.21. The molecule has 2 fully saturated rings. The number of carbonyl (C=O) groups excluding carboxylic acids is 3. The minimum Gasteiger partial charge on any atom is -0.457 e. The number of carbonyl (C=O) groups is 3. The topological polar surface area (TPSA) is 84.9 Å². The highest BCUT2D eigenvalue weighted by Crippen LogP contribution is 2.29. The first kappa shape index (κ1) is 19.2. The summed E-state index contributed by atoms with van der Waals surface area (Å²) in [5, 5.41) is 2.73. The Hall–Kier alpha value is -2.57. The van der Waals surface area contributed by atoms with Gasteiger partial charge in [0, 0.05) is 6.92 Å². The average Bonchev–Trinajstić information content (AvgIpc) is 3.15. The van der Waals surface area contributed by atoms with Crippen molar-refractivity contribution in [3.63, 3.8) is 0 Å². The van der Waals surface area contributed by atoms with E-state index < -0.39 is 18.1 Å². The van der Waals surface area contributed by atoms with Crippen LogP contribution in [0, 0.1) is 5.92 Å². The van der Waals surface area contributed by atoms with E-state index in [1.165, 1.54) is 11.8 Å². The Bertz CT molecular complexity index is 666. The number of hydrogen-bond donors (Lipinski definition) is 1. The van der Waals surface area contributed by atoms with Crippen molar-refractivity contribution in [3.8, 4) is 0 Å². The van der Waals surface area contributed by atoms with E-state index in [9.17, 15) is 14.4 Å². The van der Waals surface area contributed by atoms with Gasteiger partial charge in [0.05, 0.1) is 13.1 Å². The minimum absolute atomic E-state index is 0.133. The van der Waals surface area contributed by atoms with Gasteiger partial charge in [0.2, 0.25) is 5.91 Å². The molecule has 0 aromatic heterocycles. The van der Waals surface area contributed by atoms with Gasteiger partial charge in [-0.25, -0.2) is 9.59 Å². The molecule has 2 amide bonds. The predicted octanol–water partition coefficient (Wildman–Crippen LogP) is 2.25. The van der Waals surface area contributed by atoms with Gasteiger partial charge in [-0.3, -0.25) is 4.79 Å². The maximum Gasteiger partial charge on any atom is 0.410 e. The fraction of sp³-hybridized carbons (Fsp3) is 0.550. The number of amides is 2. The summed E-state index contributed by atoms with van der Waals surface area (Å²) < 4.78 is 10.8. The molecule has 1 aromatic carbocycles. The van der Waals surface area contributed by atoms with Crippen LogP contribution < -0.4 is 5.32 Å². The number of nitrogens with zero attached hydrogens (tertiary/aromatic N) is 1. The Morgan fingerprint density at radius 3 is 2.44 bits per heavy atom. The van der Waals surface area contributed by atoms with Crippen LogP contribution in [0.4, 0.5) is 4.79 Å². The van der Waals surface area contributed by atoms with Gasteiger partial charge < -0.3 is 19.7 Å². The summed E-state index contributed by atoms with van der Waals surface area (Å²) in [7, 11) is 0. The van der Waals surface area contributed by atoms with Gasteiger partial charge in [0.1, 0.15) is 18.8 Å². The zero-order valence-corrected chi connectivity index (χ0v) is 15.6. The first-order valence-corrected chi connectivity index (χ1v) is 9.46. The number of benzene rings is 1. The van der Waals surface area contributed by atoms with E-state index in [2.05, 4.69) is 5.32 Å². The summed E-state index contributed by atoms with van der Waals surface area (Å²) in [4.78, 5) is 37.4. The monoisotopic (exact) mass is 374 g/mol. The molecule has 0 radical (unpaired) electrons. The van der Waals surface area contributed by atoms with E-state index in [4.69, 9.17) is 9.47 Å². The Morgan fingerprint density at radius 2 is 1.81 bits per heavy atom. The summed E-state index contributed by atoms with van der Waals surface area (Å²) in [6.07, 6.45) is 3.21. The minimum atomic E-state index is -0.593. The van der Waals surface area contributed by atoms with Crippen molar-refractivity contribution < 1.29 is 23.9 Å². The van der Waals surface area contributed by atoms with Crippen molar-refractivity contribution in [1.82, 2.24) is 10.2 Å². The van der Waals surface area contributed by atoms with E-state index in [-0.39, 0.29) is 24.5 Å². The molecule has 1 heterocycles. The standard InChI is InChI=1S/C20H26N2O5/c1-14(23)21-18(16-9-5-6-10-16)19(24)27-17-11-22(12-17)20(25)26-13-15-7-3-2-4-8-15/h2-4,7-8,16-18H,5-6,9-13H2,1H3,(H,21,23)/t18-/m0/s1. The summed E-state index contributed by atoms with van der Waals surface area (Å²) in [5.74, 6) is -0.503. The zero-order valence-electron chi connectivity index (χ0n) is 15.6. The zero-order chi connectivity index (χ0) is 19.2. The molecule has 1 saturated carbocycles. The third-order valence-electron chi connectivity index (χ3n) is 5.08. The quantitative estimate of drug-likeness (QED) is 0.772. The van der Waals surface area contributed by atoms with Crippen LogP contribution in [0.15, 0.2) is 30.3 Å². The molecule has 0 bridgehead atoms. The van der Waals surface area contributed by atoms with Crippen LogP contribution in [0.3, 0.4) is 0 Å². The molecule has 0 spiro atoms. The fourth-order valence-electron chi connectivity index (χ4n) is 3.59. The summed E-state index contributed by atoms with van der Waals surface area (Å²) in [6.45, 7) is 2.25. The molecule has 1 atom stereocenters. The molecule has 1 N–H and O–H groups in total. The predicted molar refractivity (Wildman–Crippen MR) is 97.6 cm³/mol. The lowest BCUT2D eigenvalue weighted by atomic mass is 9.98. The van der Waals surface area contributed by atoms with Gasteiger partial charge in [0.15, 0.2) is 0 Å². The molecule has 7 nitrogen and oxygen atoms in total. The molecule has 1 saturated heterocycles. The maximum absolute atomic E-state index is 12.5. The highest BCUT2D eigenvalue weighted by atomic mass is 16.6. The average molecular weight is 374 g/mol. The lowest BCUT2D eigenvalue weighted by molar-refractivity contribution is -0.161. The number of likely N-dealkylation sites (tertiary alicyclic amines) is 1. The summed E-state index contributed by atoms with van der Waals surface area (Å²) >= 11 is 0. The second-order valence-corrected chi connectivity index (χ2v) is 7.23. The Balaban J connectivity index is 1.42. The molecular weight excluding hydrogens is 348 g/mol. The SMILES string of the molecule is CC(=O)N[C@H](C(=O)OC1CN(C(=O)OCc2ccccc2)C1)C1CCCC1. The van der Waals surface area contributed by atoms with E-state index in [1.54, 1.807) is 0 Å². The second kappa shape index (κ2) is 8.88. The highest BCUT2D eigenvalue weighted by molar-refractivity contribution is 5.83. The number of ether oxygens (including phenoxy) is 2. The molecular formula is C20H26N2O5. The smallest absolute Gasteiger partial charge is 0.410 e. The molecule has 27 heavy (non-hydrogen) atoms. The van der Waals surface area contributed by atoms with Crippen molar-refractivity contribution in [3.05, 3.63) is 35.9 Å². The van der Waals surface area contributed by atoms with Crippen LogP contribution in [0.5, 0.6) is 0 Å². The molecule has 2 aliphatic rings. The lowest BCUT2D eigenvalue weighted by Crippen LogP contribution is -2.57. The highest BCUT2D eigenvalue weighted by Gasteiger charge is 2.38. The van der Waals surface area contributed by atoms with Crippen molar-refractivity contribution in [1.29, 1.82) is 0 Å².